The Hall–Kier alpha value is -4.63. The lowest BCUT2D eigenvalue weighted by Crippen LogP contribution is -2.35. The fourth-order valence-electron chi connectivity index (χ4n) is 4.01. The number of rotatable bonds is 8. The van der Waals surface area contributed by atoms with Crippen molar-refractivity contribution in [1.82, 2.24) is 20.4 Å². The van der Waals surface area contributed by atoms with E-state index in [0.29, 0.717) is 11.6 Å². The van der Waals surface area contributed by atoms with Gasteiger partial charge in [-0.15, -0.1) is 0 Å². The fraction of sp³-hybridized carbons (Fsp3) is 0.207. The number of benzene rings is 1. The summed E-state index contributed by atoms with van der Waals surface area (Å²) in [4.78, 5) is 34.7. The molecule has 194 valence electrons. The molecule has 1 unspecified atom stereocenters. The smallest absolute Gasteiger partial charge is 0.279 e. The van der Waals surface area contributed by atoms with Crippen molar-refractivity contribution in [3.8, 4) is 11.1 Å². The van der Waals surface area contributed by atoms with Gasteiger partial charge in [0.2, 0.25) is 5.91 Å². The number of hydrogen-bond acceptors (Lipinski definition) is 7. The van der Waals surface area contributed by atoms with Gasteiger partial charge in [-0.3, -0.25) is 14.6 Å². The molecule has 9 heteroatoms. The first kappa shape index (κ1) is 26.4. The molecule has 0 aliphatic rings. The van der Waals surface area contributed by atoms with Crippen LogP contribution in [0.4, 0.5) is 11.6 Å². The van der Waals surface area contributed by atoms with Gasteiger partial charge in [-0.2, -0.15) is 0 Å². The van der Waals surface area contributed by atoms with Gasteiger partial charge >= 0.3 is 0 Å². The van der Waals surface area contributed by atoms with Crippen LogP contribution in [-0.4, -0.2) is 40.0 Å². The summed E-state index contributed by atoms with van der Waals surface area (Å²) in [6, 6.07) is 12.5. The van der Waals surface area contributed by atoms with Crippen LogP contribution in [0.15, 0.2) is 71.4 Å². The highest BCUT2D eigenvalue weighted by Crippen LogP contribution is 2.33. The summed E-state index contributed by atoms with van der Waals surface area (Å²) in [6.07, 6.45) is 7.36. The molecule has 3 N–H and O–H groups in total. The van der Waals surface area contributed by atoms with E-state index in [2.05, 4.69) is 31.1 Å². The molecule has 3 heterocycles. The number of aromatic nitrogens is 3. The second-order valence-electron chi connectivity index (χ2n) is 8.73. The lowest BCUT2D eigenvalue weighted by Gasteiger charge is -2.15. The topological polar surface area (TPSA) is 122 Å². The maximum absolute atomic E-state index is 13.1. The fourth-order valence-corrected chi connectivity index (χ4v) is 4.01. The van der Waals surface area contributed by atoms with Crippen molar-refractivity contribution >= 4 is 39.9 Å². The number of hydrogen-bond donors (Lipinski definition) is 3. The quantitative estimate of drug-likeness (QED) is 0.272. The second kappa shape index (κ2) is 11.6. The summed E-state index contributed by atoms with van der Waals surface area (Å²) in [5.41, 5.74) is 4.46. The average molecular weight is 511 g/mol. The van der Waals surface area contributed by atoms with Crippen molar-refractivity contribution in [2.45, 2.75) is 33.7 Å². The number of nitrogens with one attached hydrogen (secondary N) is 3. The first-order valence-corrected chi connectivity index (χ1v) is 12.3. The minimum atomic E-state index is -0.488. The molecule has 3 aromatic heterocycles. The minimum absolute atomic E-state index is 0.107. The van der Waals surface area contributed by atoms with Crippen molar-refractivity contribution in [3.05, 3.63) is 83.9 Å². The maximum atomic E-state index is 13.1. The van der Waals surface area contributed by atoms with E-state index in [1.807, 2.05) is 63.3 Å². The predicted molar refractivity (Wildman–Crippen MR) is 150 cm³/mol. The van der Waals surface area contributed by atoms with E-state index in [1.165, 1.54) is 0 Å². The van der Waals surface area contributed by atoms with Crippen LogP contribution in [0.1, 0.15) is 42.6 Å². The Bertz CT molecular complexity index is 1550. The highest BCUT2D eigenvalue weighted by Gasteiger charge is 2.18. The molecule has 9 nitrogen and oxygen atoms in total. The molecule has 1 aromatic carbocycles. The molecule has 1 atom stereocenters. The van der Waals surface area contributed by atoms with Crippen molar-refractivity contribution in [2.75, 3.05) is 17.7 Å². The predicted octanol–water partition coefficient (Wildman–Crippen LogP) is 5.37. The molecule has 0 bridgehead atoms. The summed E-state index contributed by atoms with van der Waals surface area (Å²) in [7, 11) is 1.70. The van der Waals surface area contributed by atoms with Gasteiger partial charge < -0.3 is 20.5 Å². The van der Waals surface area contributed by atoms with E-state index in [9.17, 15) is 9.59 Å². The van der Waals surface area contributed by atoms with Crippen LogP contribution in [0.2, 0.25) is 0 Å². The SMILES string of the molecule is C/C=C\C(=C/C)c1cc(C(=O)Nc2cc(-c3c(C)ccc4ncccc34)cc(NC(=O)C(C)NC)n2)no1. The lowest BCUT2D eigenvalue weighted by molar-refractivity contribution is -0.117. The summed E-state index contributed by atoms with van der Waals surface area (Å²) < 4.78 is 5.38. The lowest BCUT2D eigenvalue weighted by atomic mass is 9.96. The third-order valence-corrected chi connectivity index (χ3v) is 6.11. The number of amides is 2. The Morgan fingerprint density at radius 2 is 1.82 bits per heavy atom. The summed E-state index contributed by atoms with van der Waals surface area (Å²) >= 11 is 0. The Balaban J connectivity index is 1.75. The van der Waals surface area contributed by atoms with Gasteiger partial charge in [-0.1, -0.05) is 35.5 Å². The largest absolute Gasteiger partial charge is 0.356 e. The third-order valence-electron chi connectivity index (χ3n) is 6.11. The third kappa shape index (κ3) is 5.68. The Labute approximate surface area is 221 Å². The number of pyridine rings is 2. The molecule has 0 aliphatic heterocycles. The van der Waals surface area contributed by atoms with E-state index in [-0.39, 0.29) is 17.4 Å². The van der Waals surface area contributed by atoms with Crippen LogP contribution in [0, 0.1) is 6.92 Å². The number of fused-ring (bicyclic) bond motifs is 1. The van der Waals surface area contributed by atoms with Crippen LogP contribution < -0.4 is 16.0 Å². The maximum Gasteiger partial charge on any atom is 0.279 e. The zero-order valence-corrected chi connectivity index (χ0v) is 22.0. The van der Waals surface area contributed by atoms with E-state index in [4.69, 9.17) is 4.52 Å². The molecule has 38 heavy (non-hydrogen) atoms. The van der Waals surface area contributed by atoms with Crippen molar-refractivity contribution < 1.29 is 14.1 Å². The van der Waals surface area contributed by atoms with Gasteiger partial charge in [0.05, 0.1) is 11.6 Å². The Morgan fingerprint density at radius 3 is 2.53 bits per heavy atom. The first-order valence-electron chi connectivity index (χ1n) is 12.3. The van der Waals surface area contributed by atoms with Gasteiger partial charge in [-0.25, -0.2) is 4.98 Å². The normalized spacial score (nSPS) is 12.6. The molecule has 0 spiro atoms. The number of aryl methyl sites for hydroxylation is 1. The van der Waals surface area contributed by atoms with Crippen LogP contribution in [-0.2, 0) is 4.79 Å². The molecular weight excluding hydrogens is 480 g/mol. The number of nitrogens with zero attached hydrogens (tertiary/aromatic N) is 3. The minimum Gasteiger partial charge on any atom is -0.356 e. The van der Waals surface area contributed by atoms with Gasteiger partial charge in [0.25, 0.3) is 5.91 Å². The van der Waals surface area contributed by atoms with Gasteiger partial charge in [0.15, 0.2) is 11.5 Å². The zero-order valence-electron chi connectivity index (χ0n) is 22.0. The summed E-state index contributed by atoms with van der Waals surface area (Å²) in [5, 5.41) is 13.4. The first-order chi connectivity index (χ1) is 18.3. The molecule has 2 amide bonds. The molecule has 0 fully saturated rings. The molecule has 0 aliphatic carbocycles. The van der Waals surface area contributed by atoms with Gasteiger partial charge in [0.1, 0.15) is 11.6 Å². The van der Waals surface area contributed by atoms with Crippen LogP contribution in [0.25, 0.3) is 27.6 Å². The average Bonchev–Trinajstić information content (AvgIpc) is 3.41. The van der Waals surface area contributed by atoms with Crippen molar-refractivity contribution in [1.29, 1.82) is 0 Å². The van der Waals surface area contributed by atoms with Gasteiger partial charge in [-0.05, 0) is 75.7 Å². The van der Waals surface area contributed by atoms with E-state index >= 15 is 0 Å². The number of likely N-dealkylation sites (N-methyl/N-ethyl adjacent to an activating group) is 1. The summed E-state index contributed by atoms with van der Waals surface area (Å²) in [5.74, 6) is 0.289. The molecule has 0 saturated carbocycles. The van der Waals surface area contributed by atoms with E-state index < -0.39 is 11.9 Å². The zero-order chi connectivity index (χ0) is 27.2. The van der Waals surface area contributed by atoms with Crippen LogP contribution in [0.3, 0.4) is 0 Å². The summed E-state index contributed by atoms with van der Waals surface area (Å²) in [6.45, 7) is 7.52. The standard InChI is InChI=1S/C29H30N6O3/c1-6-9-19(7-2)24-16-23(35-38-24)29(37)34-26-15-20(14-25(32-26)33-28(36)18(4)30-5)27-17(3)11-12-22-21(27)10-8-13-31-22/h6-16,18,30H,1-5H3,(H2,32,33,34,36,37)/b9-6-,19-7+. The molecule has 4 rings (SSSR count). The van der Waals surface area contributed by atoms with Crippen molar-refractivity contribution in [3.63, 3.8) is 0 Å². The highest BCUT2D eigenvalue weighted by atomic mass is 16.5. The van der Waals surface area contributed by atoms with Crippen LogP contribution in [0.5, 0.6) is 0 Å². The number of allylic oxidation sites excluding steroid dienone is 4. The van der Waals surface area contributed by atoms with E-state index in [1.54, 1.807) is 38.4 Å². The van der Waals surface area contributed by atoms with Crippen molar-refractivity contribution in [2.24, 2.45) is 0 Å². The molecular formula is C29H30N6O3. The second-order valence-corrected chi connectivity index (χ2v) is 8.73. The molecule has 4 aromatic rings. The Morgan fingerprint density at radius 1 is 1.05 bits per heavy atom. The van der Waals surface area contributed by atoms with Gasteiger partial charge in [0, 0.05) is 23.2 Å². The molecule has 0 saturated heterocycles. The number of anilines is 2. The Kier molecular flexibility index (Phi) is 8.08. The monoisotopic (exact) mass is 510 g/mol. The molecule has 0 radical (unpaired) electrons. The van der Waals surface area contributed by atoms with Crippen LogP contribution >= 0.6 is 0 Å². The number of carbonyl (C=O) groups is 2. The highest BCUT2D eigenvalue weighted by molar-refractivity contribution is 6.04. The van der Waals surface area contributed by atoms with E-state index in [0.717, 1.165) is 33.2 Å². The number of carbonyl (C=O) groups excluding carboxylic acids is 2.